The highest BCUT2D eigenvalue weighted by atomic mass is 16.5. The molecular formula is C21H26N2O3. The van der Waals surface area contributed by atoms with Crippen molar-refractivity contribution in [1.82, 2.24) is 9.88 Å². The molecule has 0 aromatic carbocycles. The zero-order valence-corrected chi connectivity index (χ0v) is 15.5. The molecule has 1 amide bonds. The number of nitrogens with zero attached hydrogens (tertiary/aromatic N) is 2. The summed E-state index contributed by atoms with van der Waals surface area (Å²) in [5, 5.41) is 0. The predicted molar refractivity (Wildman–Crippen MR) is 97.7 cm³/mol. The lowest BCUT2D eigenvalue weighted by Gasteiger charge is -2.56. The zero-order valence-electron chi connectivity index (χ0n) is 15.5. The minimum absolute atomic E-state index is 0.102. The summed E-state index contributed by atoms with van der Waals surface area (Å²) >= 11 is 0. The van der Waals surface area contributed by atoms with E-state index in [4.69, 9.17) is 4.74 Å². The number of esters is 1. The summed E-state index contributed by atoms with van der Waals surface area (Å²) in [4.78, 5) is 30.9. The molecule has 2 bridgehead atoms. The number of carbonyl (C=O) groups excluding carboxylic acids is 2. The number of carbonyl (C=O) groups is 2. The van der Waals surface area contributed by atoms with E-state index in [1.165, 1.54) is 12.0 Å². The second-order valence-corrected chi connectivity index (χ2v) is 8.30. The molecule has 1 aromatic heterocycles. The molecule has 0 unspecified atom stereocenters. The van der Waals surface area contributed by atoms with E-state index < -0.39 is 5.97 Å². The first-order valence-corrected chi connectivity index (χ1v) is 9.59. The van der Waals surface area contributed by atoms with Crippen molar-refractivity contribution >= 4 is 11.9 Å². The lowest BCUT2D eigenvalue weighted by atomic mass is 9.49. The second kappa shape index (κ2) is 6.53. The van der Waals surface area contributed by atoms with E-state index in [-0.39, 0.29) is 11.6 Å². The smallest absolute Gasteiger partial charge is 0.357 e. The van der Waals surface area contributed by atoms with Gasteiger partial charge >= 0.3 is 5.97 Å². The van der Waals surface area contributed by atoms with Crippen molar-refractivity contribution in [2.24, 2.45) is 17.3 Å². The molecule has 5 nitrogen and oxygen atoms in total. The van der Waals surface area contributed by atoms with Gasteiger partial charge in [0.05, 0.1) is 0 Å². The first-order valence-electron chi connectivity index (χ1n) is 9.59. The molecular weight excluding hydrogens is 328 g/mol. The number of likely N-dealkylation sites (tertiary alicyclic amines) is 1. The summed E-state index contributed by atoms with van der Waals surface area (Å²) in [6.07, 6.45) is 6.57. The fraction of sp³-hybridized carbons (Fsp3) is 0.571. The fourth-order valence-electron chi connectivity index (χ4n) is 4.61. The number of allylic oxidation sites excluding steroid dienone is 1. The molecule has 2 heterocycles. The second-order valence-electron chi connectivity index (χ2n) is 8.30. The van der Waals surface area contributed by atoms with Crippen LogP contribution in [0.15, 0.2) is 29.8 Å². The number of ether oxygens (including phenoxy) is 1. The predicted octanol–water partition coefficient (Wildman–Crippen LogP) is 3.47. The minimum atomic E-state index is -0.457. The molecule has 5 heteroatoms. The number of pyridine rings is 1. The molecule has 2 fully saturated rings. The number of hydrogen-bond acceptors (Lipinski definition) is 4. The zero-order chi connectivity index (χ0) is 18.3. The Morgan fingerprint density at radius 3 is 2.65 bits per heavy atom. The molecule has 1 aromatic rings. The maximum Gasteiger partial charge on any atom is 0.357 e. The maximum atomic E-state index is 12.4. The first kappa shape index (κ1) is 17.3. The molecule has 2 atom stereocenters. The van der Waals surface area contributed by atoms with Gasteiger partial charge in [-0.15, -0.1) is 0 Å². The maximum absolute atomic E-state index is 12.4. The normalized spacial score (nSPS) is 26.1. The fourth-order valence-corrected chi connectivity index (χ4v) is 4.61. The molecule has 1 saturated carbocycles. The summed E-state index contributed by atoms with van der Waals surface area (Å²) in [5.41, 5.74) is 2.07. The van der Waals surface area contributed by atoms with Crippen molar-refractivity contribution in [3.05, 3.63) is 41.2 Å². The first-order chi connectivity index (χ1) is 12.5. The molecule has 5 rings (SSSR count). The Kier molecular flexibility index (Phi) is 4.33. The topological polar surface area (TPSA) is 59.5 Å². The molecule has 3 aliphatic carbocycles. The highest BCUT2D eigenvalue weighted by Crippen LogP contribution is 2.59. The molecule has 4 aliphatic rings. The van der Waals surface area contributed by atoms with Gasteiger partial charge in [0.1, 0.15) is 18.0 Å². The van der Waals surface area contributed by atoms with Crippen LogP contribution in [-0.2, 0) is 4.74 Å². The van der Waals surface area contributed by atoms with Crippen LogP contribution in [0.25, 0.3) is 0 Å². The summed E-state index contributed by atoms with van der Waals surface area (Å²) < 4.78 is 5.52. The third kappa shape index (κ3) is 2.93. The van der Waals surface area contributed by atoms with Crippen LogP contribution in [0.4, 0.5) is 0 Å². The van der Waals surface area contributed by atoms with Gasteiger partial charge in [0.25, 0.3) is 5.91 Å². The van der Waals surface area contributed by atoms with Crippen LogP contribution < -0.4 is 0 Å². The quantitative estimate of drug-likeness (QED) is 0.614. The van der Waals surface area contributed by atoms with Crippen LogP contribution in [0.3, 0.4) is 0 Å². The largest absolute Gasteiger partial charge is 0.456 e. The molecule has 1 saturated heterocycles. The van der Waals surface area contributed by atoms with E-state index in [9.17, 15) is 9.59 Å². The molecule has 26 heavy (non-hydrogen) atoms. The van der Waals surface area contributed by atoms with Crippen molar-refractivity contribution in [3.63, 3.8) is 0 Å². The van der Waals surface area contributed by atoms with Gasteiger partial charge in [0, 0.05) is 13.1 Å². The van der Waals surface area contributed by atoms with Gasteiger partial charge < -0.3 is 9.64 Å². The Hall–Kier alpha value is -2.17. The summed E-state index contributed by atoms with van der Waals surface area (Å²) in [5.74, 6) is 0.725. The van der Waals surface area contributed by atoms with Gasteiger partial charge in [0.2, 0.25) is 0 Å². The number of rotatable bonds is 4. The highest BCUT2D eigenvalue weighted by Gasteiger charge is 2.51. The minimum Gasteiger partial charge on any atom is -0.456 e. The molecule has 1 aliphatic heterocycles. The van der Waals surface area contributed by atoms with Crippen LogP contribution >= 0.6 is 0 Å². The Bertz CT molecular complexity index is 762. The van der Waals surface area contributed by atoms with E-state index in [1.807, 2.05) is 0 Å². The van der Waals surface area contributed by atoms with Gasteiger partial charge in [-0.1, -0.05) is 26.0 Å². The van der Waals surface area contributed by atoms with Gasteiger partial charge in [0.15, 0.2) is 0 Å². The van der Waals surface area contributed by atoms with Crippen molar-refractivity contribution in [3.8, 4) is 0 Å². The number of aromatic nitrogens is 1. The van der Waals surface area contributed by atoms with Crippen molar-refractivity contribution in [2.75, 3.05) is 19.7 Å². The number of fused-ring (bicyclic) bond motifs is 1. The lowest BCUT2D eigenvalue weighted by molar-refractivity contribution is -0.0156. The third-order valence-electron chi connectivity index (χ3n) is 6.52. The van der Waals surface area contributed by atoms with Crippen molar-refractivity contribution in [1.29, 1.82) is 0 Å². The number of amides is 1. The van der Waals surface area contributed by atoms with Gasteiger partial charge in [-0.2, -0.15) is 0 Å². The molecule has 0 radical (unpaired) electrons. The van der Waals surface area contributed by atoms with Crippen molar-refractivity contribution < 1.29 is 14.3 Å². The van der Waals surface area contributed by atoms with Gasteiger partial charge in [-0.3, -0.25) is 4.79 Å². The Labute approximate surface area is 154 Å². The molecule has 138 valence electrons. The van der Waals surface area contributed by atoms with E-state index in [0.717, 1.165) is 38.3 Å². The van der Waals surface area contributed by atoms with Gasteiger partial charge in [-0.05, 0) is 60.6 Å². The summed E-state index contributed by atoms with van der Waals surface area (Å²) in [6, 6.07) is 4.98. The lowest BCUT2D eigenvalue weighted by Crippen LogP contribution is -2.48. The van der Waals surface area contributed by atoms with Crippen molar-refractivity contribution in [2.45, 2.75) is 39.5 Å². The van der Waals surface area contributed by atoms with E-state index >= 15 is 0 Å². The standard InChI is InChI=1S/C21H26N2O3/c1-21(2)15-9-8-14(16(21)12-15)13-26-20(25)18-7-5-6-17(22-18)19(24)23-10-3-4-11-23/h5-8,15-16H,3-4,9-13H2,1-2H3/t15-,16+/m0/s1. The Morgan fingerprint density at radius 2 is 1.96 bits per heavy atom. The highest BCUT2D eigenvalue weighted by molar-refractivity contribution is 5.94. The molecule has 0 N–H and O–H groups in total. The monoisotopic (exact) mass is 354 g/mol. The van der Waals surface area contributed by atoms with E-state index in [2.05, 4.69) is 24.9 Å². The van der Waals surface area contributed by atoms with E-state index in [0.29, 0.717) is 23.6 Å². The van der Waals surface area contributed by atoms with Crippen LogP contribution in [-0.4, -0.2) is 41.5 Å². The Morgan fingerprint density at radius 1 is 1.23 bits per heavy atom. The third-order valence-corrected chi connectivity index (χ3v) is 6.52. The number of hydrogen-bond donors (Lipinski definition) is 0. The van der Waals surface area contributed by atoms with Crippen LogP contribution in [0, 0.1) is 17.3 Å². The summed E-state index contributed by atoms with van der Waals surface area (Å²) in [7, 11) is 0. The van der Waals surface area contributed by atoms with Gasteiger partial charge in [-0.25, -0.2) is 9.78 Å². The van der Waals surface area contributed by atoms with E-state index in [1.54, 1.807) is 23.1 Å². The average Bonchev–Trinajstić information content (AvgIpc) is 3.20. The van der Waals surface area contributed by atoms with Crippen LogP contribution in [0.2, 0.25) is 0 Å². The average molecular weight is 354 g/mol. The summed E-state index contributed by atoms with van der Waals surface area (Å²) in [6.45, 7) is 6.46. The van der Waals surface area contributed by atoms with Crippen LogP contribution in [0.1, 0.15) is 60.5 Å². The van der Waals surface area contributed by atoms with Crippen LogP contribution in [0.5, 0.6) is 0 Å². The molecule has 0 spiro atoms. The SMILES string of the molecule is CC1(C)[C@H]2CC=C(COC(=O)c3cccc(C(=O)N4CCCC4)n3)[C@H]1C2. The Balaban J connectivity index is 1.40.